The maximum Gasteiger partial charge on any atom is 0.295 e. The number of H-pyrrole nitrogens is 1. The predicted octanol–water partition coefficient (Wildman–Crippen LogP) is 1.53. The number of anilines is 1. The second kappa shape index (κ2) is 5.68. The molecule has 0 aromatic carbocycles. The molecule has 0 amide bonds. The molecule has 0 spiro atoms. The molecular formula is C12H18N4O3S. The maximum atomic E-state index is 12.2. The fraction of sp³-hybridized carbons (Fsp3) is 0.417. The van der Waals surface area contributed by atoms with Gasteiger partial charge in [-0.2, -0.15) is 13.5 Å². The van der Waals surface area contributed by atoms with E-state index in [2.05, 4.69) is 20.2 Å². The van der Waals surface area contributed by atoms with Crippen molar-refractivity contribution < 1.29 is 12.8 Å². The SMILES string of the molecule is CCNCc1ccc(S(=O)(=O)Nc2c(C)n[nH]c2C)o1. The first-order chi connectivity index (χ1) is 9.44. The van der Waals surface area contributed by atoms with Gasteiger partial charge in [0.05, 0.1) is 23.6 Å². The van der Waals surface area contributed by atoms with Gasteiger partial charge in [-0.15, -0.1) is 0 Å². The van der Waals surface area contributed by atoms with Gasteiger partial charge >= 0.3 is 0 Å². The van der Waals surface area contributed by atoms with Crippen LogP contribution in [0.5, 0.6) is 0 Å². The first-order valence-corrected chi connectivity index (χ1v) is 7.76. The number of rotatable bonds is 6. The highest BCUT2D eigenvalue weighted by Gasteiger charge is 2.21. The molecular weight excluding hydrogens is 280 g/mol. The molecule has 2 aromatic heterocycles. The van der Waals surface area contributed by atoms with Crippen molar-refractivity contribution >= 4 is 15.7 Å². The van der Waals surface area contributed by atoms with E-state index >= 15 is 0 Å². The van der Waals surface area contributed by atoms with Crippen LogP contribution in [0.3, 0.4) is 0 Å². The second-order valence-corrected chi connectivity index (χ2v) is 6.03. The zero-order valence-electron chi connectivity index (χ0n) is 11.6. The molecule has 0 radical (unpaired) electrons. The predicted molar refractivity (Wildman–Crippen MR) is 75.0 cm³/mol. The summed E-state index contributed by atoms with van der Waals surface area (Å²) in [7, 11) is -3.74. The number of hydrogen-bond donors (Lipinski definition) is 3. The van der Waals surface area contributed by atoms with E-state index in [9.17, 15) is 8.42 Å². The Bertz CT molecular complexity index is 668. The number of aromatic amines is 1. The van der Waals surface area contributed by atoms with Crippen molar-refractivity contribution in [3.63, 3.8) is 0 Å². The Morgan fingerprint density at radius 3 is 2.70 bits per heavy atom. The Hall–Kier alpha value is -1.80. The van der Waals surface area contributed by atoms with Crippen molar-refractivity contribution in [3.8, 4) is 0 Å². The normalized spacial score (nSPS) is 11.8. The lowest BCUT2D eigenvalue weighted by atomic mass is 10.3. The molecule has 7 nitrogen and oxygen atoms in total. The van der Waals surface area contributed by atoms with Crippen molar-refractivity contribution in [2.75, 3.05) is 11.3 Å². The van der Waals surface area contributed by atoms with Gasteiger partial charge in [0.25, 0.3) is 10.0 Å². The third-order valence-corrected chi connectivity index (χ3v) is 4.04. The molecule has 8 heteroatoms. The van der Waals surface area contributed by atoms with Gasteiger partial charge < -0.3 is 9.73 Å². The van der Waals surface area contributed by atoms with Crippen molar-refractivity contribution in [2.24, 2.45) is 0 Å². The lowest BCUT2D eigenvalue weighted by Crippen LogP contribution is -2.13. The Morgan fingerprint density at radius 1 is 1.35 bits per heavy atom. The first-order valence-electron chi connectivity index (χ1n) is 6.28. The minimum absolute atomic E-state index is 0.106. The molecule has 0 saturated heterocycles. The summed E-state index contributed by atoms with van der Waals surface area (Å²) in [6, 6.07) is 3.09. The quantitative estimate of drug-likeness (QED) is 0.751. The molecule has 20 heavy (non-hydrogen) atoms. The summed E-state index contributed by atoms with van der Waals surface area (Å²) in [6.07, 6.45) is 0. The van der Waals surface area contributed by atoms with Crippen molar-refractivity contribution in [3.05, 3.63) is 29.3 Å². The highest BCUT2D eigenvalue weighted by Crippen LogP contribution is 2.22. The van der Waals surface area contributed by atoms with Gasteiger partial charge in [0.15, 0.2) is 0 Å². The number of nitrogens with zero attached hydrogens (tertiary/aromatic N) is 1. The van der Waals surface area contributed by atoms with E-state index in [4.69, 9.17) is 4.42 Å². The third-order valence-electron chi connectivity index (χ3n) is 2.82. The molecule has 2 heterocycles. The van der Waals surface area contributed by atoms with Crippen LogP contribution >= 0.6 is 0 Å². The Balaban J connectivity index is 2.20. The first kappa shape index (κ1) is 14.6. The average Bonchev–Trinajstić information content (AvgIpc) is 2.99. The van der Waals surface area contributed by atoms with E-state index < -0.39 is 10.0 Å². The molecule has 0 aliphatic rings. The van der Waals surface area contributed by atoms with Crippen LogP contribution < -0.4 is 10.0 Å². The minimum Gasteiger partial charge on any atom is -0.446 e. The molecule has 2 rings (SSSR count). The van der Waals surface area contributed by atoms with E-state index in [-0.39, 0.29) is 5.09 Å². The van der Waals surface area contributed by atoms with Crippen molar-refractivity contribution in [1.82, 2.24) is 15.5 Å². The summed E-state index contributed by atoms with van der Waals surface area (Å²) in [6.45, 7) is 6.72. The van der Waals surface area contributed by atoms with Crippen molar-refractivity contribution in [1.29, 1.82) is 0 Å². The van der Waals surface area contributed by atoms with E-state index in [1.54, 1.807) is 19.9 Å². The number of furan rings is 1. The largest absolute Gasteiger partial charge is 0.446 e. The summed E-state index contributed by atoms with van der Waals surface area (Å²) in [4.78, 5) is 0. The summed E-state index contributed by atoms with van der Waals surface area (Å²) >= 11 is 0. The molecule has 0 aliphatic heterocycles. The minimum atomic E-state index is -3.74. The lowest BCUT2D eigenvalue weighted by Gasteiger charge is -2.05. The molecule has 0 aliphatic carbocycles. The Kier molecular flexibility index (Phi) is 4.15. The van der Waals surface area contributed by atoms with Crippen LogP contribution in [-0.4, -0.2) is 25.2 Å². The van der Waals surface area contributed by atoms with E-state index in [0.29, 0.717) is 29.4 Å². The van der Waals surface area contributed by atoms with Gasteiger partial charge in [0, 0.05) is 0 Å². The molecule has 110 valence electrons. The third kappa shape index (κ3) is 3.02. The molecule has 0 unspecified atom stereocenters. The molecule has 0 atom stereocenters. The fourth-order valence-corrected chi connectivity index (χ4v) is 2.87. The zero-order chi connectivity index (χ0) is 14.8. The molecule has 0 fully saturated rings. The Labute approximate surface area is 117 Å². The summed E-state index contributed by atoms with van der Waals surface area (Å²) < 4.78 is 32.3. The van der Waals surface area contributed by atoms with Crippen LogP contribution in [0.25, 0.3) is 0 Å². The number of nitrogens with one attached hydrogen (secondary N) is 3. The van der Waals surface area contributed by atoms with Crippen LogP contribution in [0, 0.1) is 13.8 Å². The zero-order valence-corrected chi connectivity index (χ0v) is 12.5. The van der Waals surface area contributed by atoms with Gasteiger partial charge in [-0.3, -0.25) is 9.82 Å². The van der Waals surface area contributed by atoms with Crippen LogP contribution in [0.1, 0.15) is 24.1 Å². The summed E-state index contributed by atoms with van der Waals surface area (Å²) in [5, 5.41) is 9.64. The van der Waals surface area contributed by atoms with Crippen LogP contribution in [0.15, 0.2) is 21.6 Å². The molecule has 3 N–H and O–H groups in total. The lowest BCUT2D eigenvalue weighted by molar-refractivity contribution is 0.405. The molecule has 0 bridgehead atoms. The summed E-state index contributed by atoms with van der Waals surface area (Å²) in [5.74, 6) is 0.577. The van der Waals surface area contributed by atoms with Gasteiger partial charge in [-0.05, 0) is 32.5 Å². The topological polar surface area (TPSA) is 100 Å². The monoisotopic (exact) mass is 298 g/mol. The number of aryl methyl sites for hydroxylation is 2. The van der Waals surface area contributed by atoms with Crippen LogP contribution in [0.2, 0.25) is 0 Å². The van der Waals surface area contributed by atoms with E-state index in [0.717, 1.165) is 6.54 Å². The smallest absolute Gasteiger partial charge is 0.295 e. The molecule has 2 aromatic rings. The van der Waals surface area contributed by atoms with Crippen LogP contribution in [-0.2, 0) is 16.6 Å². The van der Waals surface area contributed by atoms with Gasteiger partial charge in [0.2, 0.25) is 5.09 Å². The highest BCUT2D eigenvalue weighted by atomic mass is 32.2. The average molecular weight is 298 g/mol. The van der Waals surface area contributed by atoms with Crippen LogP contribution in [0.4, 0.5) is 5.69 Å². The van der Waals surface area contributed by atoms with E-state index in [1.807, 2.05) is 6.92 Å². The second-order valence-electron chi connectivity index (χ2n) is 4.42. The summed E-state index contributed by atoms with van der Waals surface area (Å²) in [5.41, 5.74) is 1.70. The fourth-order valence-electron chi connectivity index (χ4n) is 1.73. The highest BCUT2D eigenvalue weighted by molar-refractivity contribution is 7.92. The standard InChI is InChI=1S/C12H18N4O3S/c1-4-13-7-10-5-6-11(19-10)20(17,18)16-12-8(2)14-15-9(12)3/h5-6,13,16H,4,7H2,1-3H3,(H,14,15). The number of hydrogen-bond acceptors (Lipinski definition) is 5. The van der Waals surface area contributed by atoms with E-state index in [1.165, 1.54) is 6.07 Å². The van der Waals surface area contributed by atoms with Gasteiger partial charge in [-0.1, -0.05) is 6.92 Å². The van der Waals surface area contributed by atoms with Gasteiger partial charge in [0.1, 0.15) is 5.76 Å². The maximum absolute atomic E-state index is 12.2. The van der Waals surface area contributed by atoms with Gasteiger partial charge in [-0.25, -0.2) is 0 Å². The Morgan fingerprint density at radius 2 is 2.10 bits per heavy atom. The van der Waals surface area contributed by atoms with Crippen molar-refractivity contribution in [2.45, 2.75) is 32.4 Å². The number of aromatic nitrogens is 2. The molecule has 0 saturated carbocycles. The number of sulfonamides is 1.